The fraction of sp³-hybridized carbons (Fsp3) is 0.312. The van der Waals surface area contributed by atoms with E-state index in [2.05, 4.69) is 0 Å². The summed E-state index contributed by atoms with van der Waals surface area (Å²) in [7, 11) is 0. The van der Waals surface area contributed by atoms with Crippen molar-refractivity contribution in [3.63, 3.8) is 0 Å². The molecule has 1 heterocycles. The van der Waals surface area contributed by atoms with Crippen LogP contribution in [-0.2, 0) is 6.54 Å². The second-order valence-electron chi connectivity index (χ2n) is 5.20. The van der Waals surface area contributed by atoms with Gasteiger partial charge < -0.3 is 15.1 Å². The maximum Gasteiger partial charge on any atom is 0.290 e. The van der Waals surface area contributed by atoms with Crippen LogP contribution >= 0.6 is 0 Å². The average molecular weight is 272 g/mol. The van der Waals surface area contributed by atoms with Crippen molar-refractivity contribution in [2.45, 2.75) is 33.4 Å². The third kappa shape index (κ3) is 3.02. The Labute approximate surface area is 119 Å². The molecule has 0 bridgehead atoms. The lowest BCUT2D eigenvalue weighted by Crippen LogP contribution is -2.36. The van der Waals surface area contributed by atoms with Crippen molar-refractivity contribution in [1.29, 1.82) is 0 Å². The summed E-state index contributed by atoms with van der Waals surface area (Å²) >= 11 is 0. The third-order valence-corrected chi connectivity index (χ3v) is 3.24. The minimum Gasteiger partial charge on any atom is -0.459 e. The molecule has 4 heteroatoms. The van der Waals surface area contributed by atoms with Gasteiger partial charge in [-0.2, -0.15) is 0 Å². The zero-order valence-electron chi connectivity index (χ0n) is 12.1. The fourth-order valence-electron chi connectivity index (χ4n) is 2.10. The summed E-state index contributed by atoms with van der Waals surface area (Å²) in [6.45, 7) is 6.36. The summed E-state index contributed by atoms with van der Waals surface area (Å²) in [5, 5.41) is 0. The van der Waals surface area contributed by atoms with E-state index in [1.54, 1.807) is 17.2 Å². The molecule has 0 spiro atoms. The number of nitrogens with two attached hydrogens (primary N) is 1. The van der Waals surface area contributed by atoms with E-state index in [0.29, 0.717) is 18.0 Å². The molecular formula is C16H20N2O2. The predicted molar refractivity (Wildman–Crippen MR) is 79.3 cm³/mol. The smallest absolute Gasteiger partial charge is 0.290 e. The molecule has 0 atom stereocenters. The predicted octanol–water partition coefficient (Wildman–Crippen LogP) is 3.22. The number of nitrogen functional groups attached to an aromatic ring is 1. The highest BCUT2D eigenvalue weighted by Crippen LogP contribution is 2.17. The molecule has 1 aromatic carbocycles. The number of hydrogen-bond donors (Lipinski definition) is 1. The van der Waals surface area contributed by atoms with Gasteiger partial charge in [0.25, 0.3) is 5.91 Å². The molecule has 1 aromatic heterocycles. The van der Waals surface area contributed by atoms with Gasteiger partial charge in [-0.3, -0.25) is 4.79 Å². The maximum atomic E-state index is 12.6. The number of hydrogen-bond acceptors (Lipinski definition) is 3. The fourth-order valence-corrected chi connectivity index (χ4v) is 2.10. The van der Waals surface area contributed by atoms with Crippen LogP contribution in [0.25, 0.3) is 0 Å². The van der Waals surface area contributed by atoms with Crippen LogP contribution in [0, 0.1) is 6.92 Å². The van der Waals surface area contributed by atoms with Gasteiger partial charge in [0, 0.05) is 23.8 Å². The van der Waals surface area contributed by atoms with Crippen molar-refractivity contribution in [3.8, 4) is 0 Å². The summed E-state index contributed by atoms with van der Waals surface area (Å²) in [4.78, 5) is 14.3. The molecule has 0 unspecified atom stereocenters. The van der Waals surface area contributed by atoms with E-state index in [-0.39, 0.29) is 11.9 Å². The first-order chi connectivity index (χ1) is 9.49. The van der Waals surface area contributed by atoms with Crippen LogP contribution in [0.2, 0.25) is 0 Å². The van der Waals surface area contributed by atoms with Gasteiger partial charge in [0.05, 0.1) is 6.26 Å². The molecule has 0 radical (unpaired) electrons. The van der Waals surface area contributed by atoms with Gasteiger partial charge in [-0.25, -0.2) is 0 Å². The van der Waals surface area contributed by atoms with Crippen LogP contribution in [-0.4, -0.2) is 16.8 Å². The van der Waals surface area contributed by atoms with Gasteiger partial charge in [0.1, 0.15) is 0 Å². The normalized spacial score (nSPS) is 10.8. The van der Waals surface area contributed by atoms with Crippen LogP contribution < -0.4 is 5.73 Å². The van der Waals surface area contributed by atoms with Crippen molar-refractivity contribution >= 4 is 11.6 Å². The largest absolute Gasteiger partial charge is 0.459 e. The second kappa shape index (κ2) is 5.82. The topological polar surface area (TPSA) is 59.5 Å². The molecule has 2 N–H and O–H groups in total. The first-order valence-electron chi connectivity index (χ1n) is 6.68. The van der Waals surface area contributed by atoms with Gasteiger partial charge in [-0.1, -0.05) is 12.1 Å². The molecule has 0 aliphatic heterocycles. The van der Waals surface area contributed by atoms with Gasteiger partial charge >= 0.3 is 0 Å². The number of furan rings is 1. The molecular weight excluding hydrogens is 252 g/mol. The Balaban J connectivity index is 2.24. The van der Waals surface area contributed by atoms with Crippen LogP contribution in [0.3, 0.4) is 0 Å². The molecule has 0 saturated carbocycles. The number of benzene rings is 1. The first kappa shape index (κ1) is 14.2. The van der Waals surface area contributed by atoms with Gasteiger partial charge in [-0.15, -0.1) is 0 Å². The Kier molecular flexibility index (Phi) is 4.13. The number of carbonyl (C=O) groups is 1. The summed E-state index contributed by atoms with van der Waals surface area (Å²) in [6, 6.07) is 9.46. The Hall–Kier alpha value is -2.23. The van der Waals surface area contributed by atoms with Crippen molar-refractivity contribution in [2.75, 3.05) is 5.73 Å². The third-order valence-electron chi connectivity index (χ3n) is 3.24. The highest BCUT2D eigenvalue weighted by Gasteiger charge is 2.23. The quantitative estimate of drug-likeness (QED) is 0.869. The van der Waals surface area contributed by atoms with Gasteiger partial charge in [0.15, 0.2) is 5.76 Å². The highest BCUT2D eigenvalue weighted by atomic mass is 16.3. The average Bonchev–Trinajstić information content (AvgIpc) is 2.81. The molecule has 0 aliphatic rings. The molecule has 20 heavy (non-hydrogen) atoms. The first-order valence-corrected chi connectivity index (χ1v) is 6.68. The van der Waals surface area contributed by atoms with Gasteiger partial charge in [-0.05, 0) is 44.5 Å². The standard InChI is InChI=1S/C16H20N2O2/c1-11(2)18(10-13-5-4-6-14(17)9-13)16(19)15-12(3)7-8-20-15/h4-9,11H,10,17H2,1-3H3. The lowest BCUT2D eigenvalue weighted by Gasteiger charge is -2.26. The highest BCUT2D eigenvalue weighted by molar-refractivity contribution is 5.93. The summed E-state index contributed by atoms with van der Waals surface area (Å²) in [6.07, 6.45) is 1.54. The molecule has 0 fully saturated rings. The minimum atomic E-state index is -0.0927. The molecule has 2 aromatic rings. The zero-order chi connectivity index (χ0) is 14.7. The van der Waals surface area contributed by atoms with Crippen LogP contribution in [0.15, 0.2) is 41.0 Å². The van der Waals surface area contributed by atoms with E-state index in [1.807, 2.05) is 45.0 Å². The molecule has 0 aliphatic carbocycles. The summed E-state index contributed by atoms with van der Waals surface area (Å²) in [5.74, 6) is 0.313. The van der Waals surface area contributed by atoms with Crippen molar-refractivity contribution in [3.05, 3.63) is 53.5 Å². The minimum absolute atomic E-state index is 0.0773. The molecule has 106 valence electrons. The van der Waals surface area contributed by atoms with Gasteiger partial charge in [0.2, 0.25) is 0 Å². The number of aryl methyl sites for hydroxylation is 1. The second-order valence-corrected chi connectivity index (χ2v) is 5.20. The van der Waals surface area contributed by atoms with E-state index >= 15 is 0 Å². The van der Waals surface area contributed by atoms with Crippen LogP contribution in [0.1, 0.15) is 35.5 Å². The van der Waals surface area contributed by atoms with E-state index in [4.69, 9.17) is 10.2 Å². The molecule has 1 amide bonds. The van der Waals surface area contributed by atoms with E-state index < -0.39 is 0 Å². The Morgan fingerprint density at radius 3 is 2.65 bits per heavy atom. The Bertz CT molecular complexity index is 602. The van der Waals surface area contributed by atoms with Crippen molar-refractivity contribution in [2.24, 2.45) is 0 Å². The summed E-state index contributed by atoms with van der Waals surface area (Å²) < 4.78 is 5.30. The zero-order valence-corrected chi connectivity index (χ0v) is 12.1. The molecule has 0 saturated heterocycles. The maximum absolute atomic E-state index is 12.6. The van der Waals surface area contributed by atoms with E-state index in [0.717, 1.165) is 11.1 Å². The SMILES string of the molecule is Cc1ccoc1C(=O)N(Cc1cccc(N)c1)C(C)C. The number of rotatable bonds is 4. The number of nitrogens with zero attached hydrogens (tertiary/aromatic N) is 1. The summed E-state index contributed by atoms with van der Waals surface area (Å²) in [5.41, 5.74) is 8.35. The Morgan fingerprint density at radius 2 is 2.10 bits per heavy atom. The lowest BCUT2D eigenvalue weighted by molar-refractivity contribution is 0.0656. The van der Waals surface area contributed by atoms with Crippen LogP contribution in [0.4, 0.5) is 5.69 Å². The number of amides is 1. The van der Waals surface area contributed by atoms with E-state index in [9.17, 15) is 4.79 Å². The van der Waals surface area contributed by atoms with Crippen molar-refractivity contribution < 1.29 is 9.21 Å². The van der Waals surface area contributed by atoms with Crippen molar-refractivity contribution in [1.82, 2.24) is 4.90 Å². The number of anilines is 1. The monoisotopic (exact) mass is 272 g/mol. The van der Waals surface area contributed by atoms with E-state index in [1.165, 1.54) is 0 Å². The molecule has 4 nitrogen and oxygen atoms in total. The lowest BCUT2D eigenvalue weighted by atomic mass is 10.1. The number of carbonyl (C=O) groups excluding carboxylic acids is 1. The Morgan fingerprint density at radius 1 is 1.35 bits per heavy atom. The molecule has 2 rings (SSSR count). The van der Waals surface area contributed by atoms with Crippen LogP contribution in [0.5, 0.6) is 0 Å².